The maximum Gasteiger partial charge on any atom is 0.234 e. The van der Waals surface area contributed by atoms with Gasteiger partial charge in [-0.1, -0.05) is 0 Å². The Hall–Kier alpha value is -1.12. The molecule has 0 saturated carbocycles. The summed E-state index contributed by atoms with van der Waals surface area (Å²) in [6.07, 6.45) is 0.442. The first-order chi connectivity index (χ1) is 7.10. The number of methoxy groups -OCH3 is 1. The monoisotopic (exact) mass is 213 g/mol. The van der Waals surface area contributed by atoms with E-state index in [0.717, 1.165) is 0 Å². The molecule has 0 aromatic heterocycles. The molecule has 0 fully saturated rings. The van der Waals surface area contributed by atoms with Crippen LogP contribution in [0.25, 0.3) is 0 Å². The van der Waals surface area contributed by atoms with Gasteiger partial charge in [0.15, 0.2) is 0 Å². The highest BCUT2D eigenvalue weighted by molar-refractivity contribution is 5.78. The Morgan fingerprint density at radius 1 is 1.67 bits per heavy atom. The average molecular weight is 213 g/mol. The van der Waals surface area contributed by atoms with Crippen molar-refractivity contribution in [2.75, 3.05) is 33.9 Å². The third-order valence-electron chi connectivity index (χ3n) is 1.84. The van der Waals surface area contributed by atoms with Crippen molar-refractivity contribution in [3.8, 4) is 6.07 Å². The molecule has 0 aromatic rings. The highest BCUT2D eigenvalue weighted by Gasteiger charge is 2.09. The summed E-state index contributed by atoms with van der Waals surface area (Å²) in [5.41, 5.74) is 0. The number of carbonyl (C=O) groups excluding carboxylic acids is 1. The lowest BCUT2D eigenvalue weighted by atomic mass is 10.3. The van der Waals surface area contributed by atoms with Crippen molar-refractivity contribution in [2.45, 2.75) is 19.4 Å². The zero-order chi connectivity index (χ0) is 11.7. The summed E-state index contributed by atoms with van der Waals surface area (Å²) >= 11 is 0. The molecule has 0 aliphatic rings. The summed E-state index contributed by atoms with van der Waals surface area (Å²) in [5.74, 6) is -0.0417. The van der Waals surface area contributed by atoms with Crippen molar-refractivity contribution in [3.05, 3.63) is 0 Å². The fourth-order valence-electron chi connectivity index (χ4n) is 1.18. The van der Waals surface area contributed by atoms with Crippen LogP contribution in [0.5, 0.6) is 0 Å². The van der Waals surface area contributed by atoms with Gasteiger partial charge in [0.25, 0.3) is 0 Å². The molecule has 1 amide bonds. The van der Waals surface area contributed by atoms with Gasteiger partial charge in [-0.2, -0.15) is 5.26 Å². The summed E-state index contributed by atoms with van der Waals surface area (Å²) in [4.78, 5) is 13.2. The second kappa shape index (κ2) is 8.21. The summed E-state index contributed by atoms with van der Waals surface area (Å²) < 4.78 is 4.90. The number of likely N-dealkylation sites (N-methyl/N-ethyl adjacent to an activating group) is 1. The fraction of sp³-hybridized carbons (Fsp3) is 0.800. The van der Waals surface area contributed by atoms with Crippen LogP contribution in [0.1, 0.15) is 13.3 Å². The van der Waals surface area contributed by atoms with Crippen molar-refractivity contribution in [2.24, 2.45) is 0 Å². The first kappa shape index (κ1) is 13.9. The average Bonchev–Trinajstić information content (AvgIpc) is 2.14. The Morgan fingerprint density at radius 3 is 2.87 bits per heavy atom. The first-order valence-corrected chi connectivity index (χ1v) is 4.94. The Bertz CT molecular complexity index is 225. The minimum atomic E-state index is -0.0417. The lowest BCUT2D eigenvalue weighted by molar-refractivity contribution is -0.122. The summed E-state index contributed by atoms with van der Waals surface area (Å²) in [6, 6.07) is 2.06. The van der Waals surface area contributed by atoms with Crippen molar-refractivity contribution < 1.29 is 9.53 Å². The molecule has 0 rings (SSSR count). The Balaban J connectivity index is 3.68. The predicted molar refractivity (Wildman–Crippen MR) is 57.2 cm³/mol. The number of nitrogens with one attached hydrogen (secondary N) is 1. The molecule has 0 saturated heterocycles. The van der Waals surface area contributed by atoms with Crippen LogP contribution in [-0.4, -0.2) is 50.7 Å². The van der Waals surface area contributed by atoms with E-state index >= 15 is 0 Å². The van der Waals surface area contributed by atoms with Gasteiger partial charge in [-0.3, -0.25) is 9.69 Å². The van der Waals surface area contributed by atoms with Crippen LogP contribution in [0.2, 0.25) is 0 Å². The van der Waals surface area contributed by atoms with E-state index < -0.39 is 0 Å². The number of rotatable bonds is 7. The van der Waals surface area contributed by atoms with Gasteiger partial charge in [0.2, 0.25) is 5.91 Å². The number of amides is 1. The van der Waals surface area contributed by atoms with E-state index in [0.29, 0.717) is 26.1 Å². The number of hydrogen-bond acceptors (Lipinski definition) is 4. The molecule has 1 N–H and O–H groups in total. The third kappa shape index (κ3) is 7.91. The number of ether oxygens (including phenoxy) is 1. The molecule has 0 spiro atoms. The number of nitriles is 1. The van der Waals surface area contributed by atoms with Gasteiger partial charge in [-0.15, -0.1) is 0 Å². The zero-order valence-corrected chi connectivity index (χ0v) is 9.62. The van der Waals surface area contributed by atoms with Crippen molar-refractivity contribution >= 4 is 5.91 Å². The topological polar surface area (TPSA) is 65.4 Å². The summed E-state index contributed by atoms with van der Waals surface area (Å²) in [7, 11) is 3.42. The van der Waals surface area contributed by atoms with Crippen molar-refractivity contribution in [1.82, 2.24) is 10.2 Å². The molecular formula is C10H19N3O2. The molecule has 86 valence electrons. The molecule has 1 unspecified atom stereocenters. The molecule has 0 aromatic carbocycles. The van der Waals surface area contributed by atoms with Crippen LogP contribution in [0.4, 0.5) is 0 Å². The van der Waals surface area contributed by atoms with E-state index in [1.54, 1.807) is 7.11 Å². The fourth-order valence-corrected chi connectivity index (χ4v) is 1.18. The third-order valence-corrected chi connectivity index (χ3v) is 1.84. The zero-order valence-electron chi connectivity index (χ0n) is 9.62. The van der Waals surface area contributed by atoms with Crippen LogP contribution in [0.15, 0.2) is 0 Å². The number of carbonyl (C=O) groups is 1. The summed E-state index contributed by atoms with van der Waals surface area (Å²) in [5, 5.41) is 11.2. The minimum absolute atomic E-state index is 0.0202. The van der Waals surface area contributed by atoms with E-state index in [9.17, 15) is 4.79 Å². The first-order valence-electron chi connectivity index (χ1n) is 4.94. The van der Waals surface area contributed by atoms with Gasteiger partial charge in [-0.25, -0.2) is 0 Å². The maximum absolute atomic E-state index is 11.4. The molecule has 15 heavy (non-hydrogen) atoms. The SMILES string of the molecule is COCC(C)NC(=O)CN(C)CCC#N. The van der Waals surface area contributed by atoms with Gasteiger partial charge < -0.3 is 10.1 Å². The summed E-state index contributed by atoms with van der Waals surface area (Å²) in [6.45, 7) is 3.32. The van der Waals surface area contributed by atoms with Gasteiger partial charge in [0.05, 0.1) is 19.2 Å². The second-order valence-corrected chi connectivity index (χ2v) is 3.57. The molecule has 0 aliphatic heterocycles. The molecule has 5 heteroatoms. The van der Waals surface area contributed by atoms with Crippen LogP contribution >= 0.6 is 0 Å². The highest BCUT2D eigenvalue weighted by atomic mass is 16.5. The van der Waals surface area contributed by atoms with E-state index in [2.05, 4.69) is 5.32 Å². The minimum Gasteiger partial charge on any atom is -0.383 e. The molecule has 0 radical (unpaired) electrons. The molecule has 0 aliphatic carbocycles. The normalized spacial score (nSPS) is 12.2. The van der Waals surface area contributed by atoms with E-state index in [1.165, 1.54) is 0 Å². The van der Waals surface area contributed by atoms with E-state index in [-0.39, 0.29) is 11.9 Å². The molecule has 0 heterocycles. The standard InChI is InChI=1S/C10H19N3O2/c1-9(8-15-3)12-10(14)7-13(2)6-4-5-11/h9H,4,6-8H2,1-3H3,(H,12,14). The molecular weight excluding hydrogens is 194 g/mol. The van der Waals surface area contributed by atoms with Crippen LogP contribution in [-0.2, 0) is 9.53 Å². The van der Waals surface area contributed by atoms with Gasteiger partial charge in [-0.05, 0) is 14.0 Å². The van der Waals surface area contributed by atoms with E-state index in [1.807, 2.05) is 24.9 Å². The van der Waals surface area contributed by atoms with Gasteiger partial charge >= 0.3 is 0 Å². The van der Waals surface area contributed by atoms with E-state index in [4.69, 9.17) is 10.00 Å². The Morgan fingerprint density at radius 2 is 2.33 bits per heavy atom. The van der Waals surface area contributed by atoms with Crippen LogP contribution in [0, 0.1) is 11.3 Å². The highest BCUT2D eigenvalue weighted by Crippen LogP contribution is 1.88. The van der Waals surface area contributed by atoms with Gasteiger partial charge in [0.1, 0.15) is 0 Å². The van der Waals surface area contributed by atoms with Crippen molar-refractivity contribution in [3.63, 3.8) is 0 Å². The molecule has 0 bridgehead atoms. The lowest BCUT2D eigenvalue weighted by Gasteiger charge is -2.17. The predicted octanol–water partition coefficient (Wildman–Crippen LogP) is -0.0170. The van der Waals surface area contributed by atoms with Crippen LogP contribution in [0.3, 0.4) is 0 Å². The van der Waals surface area contributed by atoms with Gasteiger partial charge in [0, 0.05) is 26.1 Å². The van der Waals surface area contributed by atoms with Crippen molar-refractivity contribution in [1.29, 1.82) is 5.26 Å². The smallest absolute Gasteiger partial charge is 0.234 e. The largest absolute Gasteiger partial charge is 0.383 e. The number of nitrogens with zero attached hydrogens (tertiary/aromatic N) is 2. The Kier molecular flexibility index (Phi) is 7.60. The maximum atomic E-state index is 11.4. The quantitative estimate of drug-likeness (QED) is 0.645. The van der Waals surface area contributed by atoms with Crippen LogP contribution < -0.4 is 5.32 Å². The Labute approximate surface area is 91.0 Å². The second-order valence-electron chi connectivity index (χ2n) is 3.57. The molecule has 1 atom stereocenters. The number of hydrogen-bond donors (Lipinski definition) is 1. The lowest BCUT2D eigenvalue weighted by Crippen LogP contribution is -2.41. The molecule has 5 nitrogen and oxygen atoms in total.